The number of amides is 1. The average molecular weight is 346 g/mol. The van der Waals surface area contributed by atoms with Crippen LogP contribution < -0.4 is 5.32 Å². The second kappa shape index (κ2) is 5.07. The van der Waals surface area contributed by atoms with Crippen molar-refractivity contribution in [3.63, 3.8) is 0 Å². The fourth-order valence-electron chi connectivity index (χ4n) is 1.92. The predicted molar refractivity (Wildman–Crippen MR) is 77.8 cm³/mol. The van der Waals surface area contributed by atoms with Crippen LogP contribution >= 0.6 is 15.9 Å². The van der Waals surface area contributed by atoms with Crippen molar-refractivity contribution in [2.45, 2.75) is 6.92 Å². The maximum absolute atomic E-state index is 12.1. The third-order valence-electron chi connectivity index (χ3n) is 2.85. The molecule has 0 atom stereocenters. The number of halogens is 1. The first kappa shape index (κ1) is 13.4. The minimum absolute atomic E-state index is 0.0386. The molecule has 3 rings (SSSR count). The Labute approximate surface area is 127 Å². The van der Waals surface area contributed by atoms with Crippen molar-refractivity contribution in [1.29, 1.82) is 5.26 Å². The van der Waals surface area contributed by atoms with Crippen LogP contribution in [0.4, 0.5) is 5.69 Å². The molecule has 0 aliphatic carbocycles. The monoisotopic (exact) mass is 345 g/mol. The highest BCUT2D eigenvalue weighted by Crippen LogP contribution is 2.32. The van der Waals surface area contributed by atoms with Gasteiger partial charge in [0.1, 0.15) is 23.1 Å². The maximum atomic E-state index is 12.1. The Hall–Kier alpha value is -2.59. The van der Waals surface area contributed by atoms with Crippen LogP contribution in [0.1, 0.15) is 22.0 Å². The zero-order valence-electron chi connectivity index (χ0n) is 10.8. The van der Waals surface area contributed by atoms with E-state index in [2.05, 4.69) is 26.4 Å². The predicted octanol–water partition coefficient (Wildman–Crippen LogP) is 3.62. The van der Waals surface area contributed by atoms with E-state index in [0.29, 0.717) is 22.4 Å². The van der Waals surface area contributed by atoms with Gasteiger partial charge >= 0.3 is 0 Å². The fraction of sp³-hybridized carbons (Fsp3) is 0.0714. The highest BCUT2D eigenvalue weighted by atomic mass is 79.9. The van der Waals surface area contributed by atoms with Crippen LogP contribution in [0.5, 0.6) is 0 Å². The maximum Gasteiger partial charge on any atom is 0.277 e. The molecule has 2 aromatic heterocycles. The molecule has 0 aliphatic heterocycles. The molecule has 0 spiro atoms. The zero-order chi connectivity index (χ0) is 15.0. The summed E-state index contributed by atoms with van der Waals surface area (Å²) in [5.74, 6) is 0.100. The Morgan fingerprint density at radius 1 is 1.43 bits per heavy atom. The molecule has 0 saturated heterocycles. The van der Waals surface area contributed by atoms with E-state index in [9.17, 15) is 4.79 Å². The number of nitrogens with zero attached hydrogens (tertiary/aromatic N) is 2. The van der Waals surface area contributed by atoms with Crippen LogP contribution in [-0.4, -0.2) is 11.1 Å². The van der Waals surface area contributed by atoms with Crippen LogP contribution in [0.15, 0.2) is 37.7 Å². The highest BCUT2D eigenvalue weighted by Gasteiger charge is 2.19. The Morgan fingerprint density at radius 2 is 2.24 bits per heavy atom. The van der Waals surface area contributed by atoms with Gasteiger partial charge < -0.3 is 14.3 Å². The summed E-state index contributed by atoms with van der Waals surface area (Å²) in [7, 11) is 0. The van der Waals surface area contributed by atoms with E-state index in [1.54, 1.807) is 25.1 Å². The summed E-state index contributed by atoms with van der Waals surface area (Å²) >= 11 is 3.35. The molecule has 1 aromatic carbocycles. The van der Waals surface area contributed by atoms with Crippen LogP contribution in [0.2, 0.25) is 0 Å². The number of carbonyl (C=O) groups excluding carboxylic acids is 1. The van der Waals surface area contributed by atoms with E-state index >= 15 is 0 Å². The minimum Gasteiger partial charge on any atom is -0.443 e. The summed E-state index contributed by atoms with van der Waals surface area (Å²) in [6.45, 7) is 1.69. The van der Waals surface area contributed by atoms with Crippen molar-refractivity contribution in [2.24, 2.45) is 0 Å². The lowest BCUT2D eigenvalue weighted by molar-refractivity contribution is 0.101. The molecule has 0 fully saturated rings. The largest absolute Gasteiger partial charge is 0.443 e. The SMILES string of the molecule is Cc1cc(C(=O)Nc2c(C#N)oc3ccc(Br)cc23)no1. The van der Waals surface area contributed by atoms with Gasteiger partial charge in [0.25, 0.3) is 5.91 Å². The second-order valence-electron chi connectivity index (χ2n) is 4.34. The van der Waals surface area contributed by atoms with Gasteiger partial charge in [0.2, 0.25) is 5.76 Å². The van der Waals surface area contributed by atoms with Gasteiger partial charge in [-0.05, 0) is 25.1 Å². The second-order valence-corrected chi connectivity index (χ2v) is 5.25. The third kappa shape index (κ3) is 2.41. The number of hydrogen-bond acceptors (Lipinski definition) is 5. The Bertz CT molecular complexity index is 889. The van der Waals surface area contributed by atoms with Gasteiger partial charge in [-0.15, -0.1) is 0 Å². The molecule has 3 aromatic rings. The van der Waals surface area contributed by atoms with Crippen molar-refractivity contribution >= 4 is 38.5 Å². The molecule has 0 bridgehead atoms. The summed E-state index contributed by atoms with van der Waals surface area (Å²) in [6, 6.07) is 8.72. The Morgan fingerprint density at radius 3 is 2.90 bits per heavy atom. The number of nitriles is 1. The van der Waals surface area contributed by atoms with E-state index in [4.69, 9.17) is 14.2 Å². The molecular formula is C14H8BrN3O3. The number of hydrogen-bond donors (Lipinski definition) is 1. The first-order chi connectivity index (χ1) is 10.1. The van der Waals surface area contributed by atoms with Gasteiger partial charge in [0.15, 0.2) is 5.69 Å². The summed E-state index contributed by atoms with van der Waals surface area (Å²) < 4.78 is 11.1. The van der Waals surface area contributed by atoms with Crippen LogP contribution in [-0.2, 0) is 0 Å². The lowest BCUT2D eigenvalue weighted by Crippen LogP contribution is -2.12. The number of furan rings is 1. The van der Waals surface area contributed by atoms with Gasteiger partial charge in [-0.3, -0.25) is 4.79 Å². The van der Waals surface area contributed by atoms with Gasteiger partial charge in [0, 0.05) is 15.9 Å². The van der Waals surface area contributed by atoms with E-state index < -0.39 is 5.91 Å². The van der Waals surface area contributed by atoms with Crippen LogP contribution in [0.25, 0.3) is 11.0 Å². The standard InChI is InChI=1S/C14H8BrN3O3/c1-7-4-10(18-21-7)14(19)17-13-9-5-8(15)2-3-11(9)20-12(13)6-16/h2-5H,1H3,(H,17,19). The van der Waals surface area contributed by atoms with Crippen molar-refractivity contribution in [3.8, 4) is 6.07 Å². The molecule has 2 heterocycles. The molecule has 0 radical (unpaired) electrons. The van der Waals surface area contributed by atoms with Crippen molar-refractivity contribution in [1.82, 2.24) is 5.16 Å². The Balaban J connectivity index is 2.05. The summed E-state index contributed by atoms with van der Waals surface area (Å²) in [5, 5.41) is 16.1. The first-order valence-corrected chi connectivity index (χ1v) is 6.74. The first-order valence-electron chi connectivity index (χ1n) is 5.95. The lowest BCUT2D eigenvalue weighted by Gasteiger charge is -2.00. The van der Waals surface area contributed by atoms with E-state index in [1.807, 2.05) is 6.07 Å². The normalized spacial score (nSPS) is 10.5. The number of carbonyl (C=O) groups is 1. The number of rotatable bonds is 2. The molecule has 0 unspecified atom stereocenters. The van der Waals surface area contributed by atoms with Crippen molar-refractivity contribution < 1.29 is 13.7 Å². The van der Waals surface area contributed by atoms with E-state index in [0.717, 1.165) is 4.47 Å². The number of benzene rings is 1. The number of nitrogens with one attached hydrogen (secondary N) is 1. The fourth-order valence-corrected chi connectivity index (χ4v) is 2.28. The lowest BCUT2D eigenvalue weighted by atomic mass is 10.2. The van der Waals surface area contributed by atoms with Crippen LogP contribution in [0.3, 0.4) is 0 Å². The third-order valence-corrected chi connectivity index (χ3v) is 3.34. The molecule has 0 saturated carbocycles. The van der Waals surface area contributed by atoms with Crippen molar-refractivity contribution in [3.05, 3.63) is 46.0 Å². The Kier molecular flexibility index (Phi) is 3.23. The minimum atomic E-state index is -0.467. The van der Waals surface area contributed by atoms with Gasteiger partial charge in [-0.1, -0.05) is 21.1 Å². The number of aryl methyl sites for hydroxylation is 1. The molecular weight excluding hydrogens is 338 g/mol. The zero-order valence-corrected chi connectivity index (χ0v) is 12.4. The molecule has 1 N–H and O–H groups in total. The molecule has 1 amide bonds. The summed E-state index contributed by atoms with van der Waals surface area (Å²) in [6.07, 6.45) is 0. The number of fused-ring (bicyclic) bond motifs is 1. The van der Waals surface area contributed by atoms with Gasteiger partial charge in [-0.25, -0.2) is 0 Å². The number of anilines is 1. The van der Waals surface area contributed by atoms with Crippen LogP contribution in [0, 0.1) is 18.3 Å². The molecule has 104 valence electrons. The average Bonchev–Trinajstić information content (AvgIpc) is 3.03. The van der Waals surface area contributed by atoms with E-state index in [1.165, 1.54) is 6.07 Å². The molecule has 0 aliphatic rings. The van der Waals surface area contributed by atoms with Crippen molar-refractivity contribution in [2.75, 3.05) is 5.32 Å². The molecule has 6 nitrogen and oxygen atoms in total. The summed E-state index contributed by atoms with van der Waals surface area (Å²) in [4.78, 5) is 12.1. The molecule has 21 heavy (non-hydrogen) atoms. The number of aromatic nitrogens is 1. The smallest absolute Gasteiger partial charge is 0.277 e. The summed E-state index contributed by atoms with van der Waals surface area (Å²) in [5.41, 5.74) is 0.974. The topological polar surface area (TPSA) is 92.1 Å². The quantitative estimate of drug-likeness (QED) is 0.765. The van der Waals surface area contributed by atoms with E-state index in [-0.39, 0.29) is 11.5 Å². The highest BCUT2D eigenvalue weighted by molar-refractivity contribution is 9.10. The van der Waals surface area contributed by atoms with Gasteiger partial charge in [-0.2, -0.15) is 5.26 Å². The van der Waals surface area contributed by atoms with Gasteiger partial charge in [0.05, 0.1) is 0 Å². The molecule has 7 heteroatoms.